The van der Waals surface area contributed by atoms with Gasteiger partial charge in [-0.3, -0.25) is 0 Å². The van der Waals surface area contributed by atoms with Crippen LogP contribution >= 0.6 is 0 Å². The van der Waals surface area contributed by atoms with Gasteiger partial charge in [-0.25, -0.2) is 0 Å². The van der Waals surface area contributed by atoms with Crippen molar-refractivity contribution < 1.29 is 0 Å². The van der Waals surface area contributed by atoms with E-state index >= 15 is 0 Å². The van der Waals surface area contributed by atoms with Crippen LogP contribution in [0.1, 0.15) is 30.9 Å². The number of nitrogens with two attached hydrogens (primary N) is 1. The lowest BCUT2D eigenvalue weighted by Crippen LogP contribution is -2.15. The standard InChI is InChI=1S/C13H17N/c14-13(9-5-2-1-3-6-9)12-10-7-4-8-11(10)12/h1-3,5-6,10-13H,4,7-8,14H2. The maximum Gasteiger partial charge on any atom is 0.0329 e. The highest BCUT2D eigenvalue weighted by Gasteiger charge is 2.55. The highest BCUT2D eigenvalue weighted by Crippen LogP contribution is 2.61. The van der Waals surface area contributed by atoms with Crippen LogP contribution in [0.25, 0.3) is 0 Å². The van der Waals surface area contributed by atoms with E-state index in [9.17, 15) is 0 Å². The molecule has 0 amide bonds. The van der Waals surface area contributed by atoms with Gasteiger partial charge in [-0.05, 0) is 36.2 Å². The third-order valence-corrected chi connectivity index (χ3v) is 4.07. The Labute approximate surface area is 85.3 Å². The molecule has 0 aliphatic heterocycles. The molecule has 0 aromatic heterocycles. The molecule has 2 aliphatic carbocycles. The van der Waals surface area contributed by atoms with Crippen LogP contribution in [-0.2, 0) is 0 Å². The Hall–Kier alpha value is -0.820. The number of benzene rings is 1. The van der Waals surface area contributed by atoms with Crippen LogP contribution in [0.3, 0.4) is 0 Å². The van der Waals surface area contributed by atoms with E-state index < -0.39 is 0 Å². The van der Waals surface area contributed by atoms with E-state index in [0.717, 1.165) is 17.8 Å². The minimum atomic E-state index is 0.298. The fraction of sp³-hybridized carbons (Fsp3) is 0.538. The van der Waals surface area contributed by atoms with Crippen LogP contribution in [0.5, 0.6) is 0 Å². The lowest BCUT2D eigenvalue weighted by molar-refractivity contribution is 0.502. The predicted molar refractivity (Wildman–Crippen MR) is 57.7 cm³/mol. The summed E-state index contributed by atoms with van der Waals surface area (Å²) in [6, 6.07) is 10.9. The first kappa shape index (κ1) is 8.49. The van der Waals surface area contributed by atoms with Gasteiger partial charge in [-0.1, -0.05) is 36.8 Å². The van der Waals surface area contributed by atoms with Gasteiger partial charge in [-0.15, -0.1) is 0 Å². The smallest absolute Gasteiger partial charge is 0.0329 e. The molecule has 3 atom stereocenters. The molecule has 0 radical (unpaired) electrons. The fourth-order valence-corrected chi connectivity index (χ4v) is 3.31. The van der Waals surface area contributed by atoms with E-state index in [4.69, 9.17) is 5.73 Å². The van der Waals surface area contributed by atoms with E-state index in [2.05, 4.69) is 30.3 Å². The average molecular weight is 187 g/mol. The summed E-state index contributed by atoms with van der Waals surface area (Å²) in [6.45, 7) is 0. The molecule has 3 unspecified atom stereocenters. The minimum Gasteiger partial charge on any atom is -0.324 e. The maximum atomic E-state index is 6.29. The van der Waals surface area contributed by atoms with Crippen LogP contribution in [-0.4, -0.2) is 0 Å². The monoisotopic (exact) mass is 187 g/mol. The zero-order valence-corrected chi connectivity index (χ0v) is 8.39. The Bertz CT molecular complexity index is 309. The summed E-state index contributed by atoms with van der Waals surface area (Å²) in [6.07, 6.45) is 4.29. The van der Waals surface area contributed by atoms with Crippen LogP contribution in [0.4, 0.5) is 0 Å². The molecule has 0 spiro atoms. The first-order valence-corrected chi connectivity index (χ1v) is 5.68. The molecule has 0 heterocycles. The summed E-state index contributed by atoms with van der Waals surface area (Å²) in [4.78, 5) is 0. The lowest BCUT2D eigenvalue weighted by Gasteiger charge is -2.13. The third-order valence-electron chi connectivity index (χ3n) is 4.07. The topological polar surface area (TPSA) is 26.0 Å². The van der Waals surface area contributed by atoms with Gasteiger partial charge >= 0.3 is 0 Å². The zero-order chi connectivity index (χ0) is 9.54. The van der Waals surface area contributed by atoms with Crippen molar-refractivity contribution in [3.63, 3.8) is 0 Å². The first-order chi connectivity index (χ1) is 6.88. The third kappa shape index (κ3) is 1.19. The largest absolute Gasteiger partial charge is 0.324 e. The predicted octanol–water partition coefficient (Wildman–Crippen LogP) is 2.73. The Balaban J connectivity index is 1.75. The van der Waals surface area contributed by atoms with Gasteiger partial charge in [0.05, 0.1) is 0 Å². The van der Waals surface area contributed by atoms with Crippen molar-refractivity contribution in [2.45, 2.75) is 25.3 Å². The van der Waals surface area contributed by atoms with Crippen LogP contribution in [0, 0.1) is 17.8 Å². The van der Waals surface area contributed by atoms with Gasteiger partial charge in [0.15, 0.2) is 0 Å². The quantitative estimate of drug-likeness (QED) is 0.757. The van der Waals surface area contributed by atoms with Crippen LogP contribution in [0.15, 0.2) is 30.3 Å². The molecule has 14 heavy (non-hydrogen) atoms. The van der Waals surface area contributed by atoms with Gasteiger partial charge in [-0.2, -0.15) is 0 Å². The van der Waals surface area contributed by atoms with E-state index in [1.165, 1.54) is 24.8 Å². The van der Waals surface area contributed by atoms with E-state index in [1.807, 2.05) is 0 Å². The van der Waals surface area contributed by atoms with Crippen molar-refractivity contribution >= 4 is 0 Å². The van der Waals surface area contributed by atoms with Crippen LogP contribution in [0.2, 0.25) is 0 Å². The van der Waals surface area contributed by atoms with Gasteiger partial charge in [0.1, 0.15) is 0 Å². The molecule has 3 rings (SSSR count). The second kappa shape index (κ2) is 3.09. The Morgan fingerprint density at radius 3 is 2.36 bits per heavy atom. The van der Waals surface area contributed by atoms with E-state index in [-0.39, 0.29) is 0 Å². The van der Waals surface area contributed by atoms with Gasteiger partial charge in [0.2, 0.25) is 0 Å². The SMILES string of the molecule is NC(c1ccccc1)C1C2CCCC21. The number of rotatable bonds is 2. The number of fused-ring (bicyclic) bond motifs is 1. The van der Waals surface area contributed by atoms with Gasteiger partial charge in [0, 0.05) is 6.04 Å². The molecule has 74 valence electrons. The van der Waals surface area contributed by atoms with Gasteiger partial charge in [0.25, 0.3) is 0 Å². The summed E-state index contributed by atoms with van der Waals surface area (Å²) in [7, 11) is 0. The first-order valence-electron chi connectivity index (χ1n) is 5.68. The van der Waals surface area contributed by atoms with Gasteiger partial charge < -0.3 is 5.73 Å². The molecular weight excluding hydrogens is 170 g/mol. The number of hydrogen-bond donors (Lipinski definition) is 1. The summed E-state index contributed by atoms with van der Waals surface area (Å²) < 4.78 is 0. The molecule has 0 bridgehead atoms. The normalized spacial score (nSPS) is 36.5. The second-order valence-electron chi connectivity index (χ2n) is 4.77. The Kier molecular flexibility index (Phi) is 1.88. The Morgan fingerprint density at radius 2 is 1.71 bits per heavy atom. The van der Waals surface area contributed by atoms with E-state index in [0.29, 0.717) is 6.04 Å². The lowest BCUT2D eigenvalue weighted by atomic mass is 9.98. The van der Waals surface area contributed by atoms with Crippen molar-refractivity contribution in [3.8, 4) is 0 Å². The molecule has 2 N–H and O–H groups in total. The molecule has 2 aliphatic rings. The van der Waals surface area contributed by atoms with Crippen molar-refractivity contribution in [1.82, 2.24) is 0 Å². The van der Waals surface area contributed by atoms with Crippen LogP contribution < -0.4 is 5.73 Å². The van der Waals surface area contributed by atoms with Crippen molar-refractivity contribution in [2.24, 2.45) is 23.5 Å². The summed E-state index contributed by atoms with van der Waals surface area (Å²) in [5, 5.41) is 0. The molecule has 2 fully saturated rings. The molecule has 1 heteroatoms. The second-order valence-corrected chi connectivity index (χ2v) is 4.77. The maximum absolute atomic E-state index is 6.29. The van der Waals surface area contributed by atoms with Crippen molar-refractivity contribution in [2.75, 3.05) is 0 Å². The van der Waals surface area contributed by atoms with Crippen molar-refractivity contribution in [3.05, 3.63) is 35.9 Å². The zero-order valence-electron chi connectivity index (χ0n) is 8.39. The van der Waals surface area contributed by atoms with Crippen molar-refractivity contribution in [1.29, 1.82) is 0 Å². The molecule has 1 aromatic rings. The summed E-state index contributed by atoms with van der Waals surface area (Å²) >= 11 is 0. The molecule has 0 saturated heterocycles. The highest BCUT2D eigenvalue weighted by atomic mass is 14.7. The molecule has 1 aromatic carbocycles. The minimum absolute atomic E-state index is 0.298. The molecule has 2 saturated carbocycles. The van der Waals surface area contributed by atoms with E-state index in [1.54, 1.807) is 0 Å². The molecule has 1 nitrogen and oxygen atoms in total. The number of hydrogen-bond acceptors (Lipinski definition) is 1. The molecular formula is C13H17N. The summed E-state index contributed by atoms with van der Waals surface area (Å²) in [5.74, 6) is 2.72. The summed E-state index contributed by atoms with van der Waals surface area (Å²) in [5.41, 5.74) is 7.62. The average Bonchev–Trinajstić information content (AvgIpc) is 2.72. The Morgan fingerprint density at radius 1 is 1.07 bits per heavy atom. The fourth-order valence-electron chi connectivity index (χ4n) is 3.31. The highest BCUT2D eigenvalue weighted by molar-refractivity contribution is 5.23.